The highest BCUT2D eigenvalue weighted by Crippen LogP contribution is 2.36. The Morgan fingerprint density at radius 1 is 1.44 bits per heavy atom. The van der Waals surface area contributed by atoms with Gasteiger partial charge in [0.15, 0.2) is 0 Å². The van der Waals surface area contributed by atoms with Crippen LogP contribution in [0.25, 0.3) is 0 Å². The number of hydrogen-bond donors (Lipinski definition) is 1. The van der Waals surface area contributed by atoms with Crippen LogP contribution in [0.3, 0.4) is 0 Å². The molecule has 1 unspecified atom stereocenters. The molecule has 0 saturated carbocycles. The molecule has 1 aromatic carbocycles. The van der Waals surface area contributed by atoms with Gasteiger partial charge in [0, 0.05) is 28.8 Å². The summed E-state index contributed by atoms with van der Waals surface area (Å²) in [6.07, 6.45) is 3.38. The van der Waals surface area contributed by atoms with Gasteiger partial charge in [-0.05, 0) is 63.8 Å². The Labute approximate surface area is 115 Å². The lowest BCUT2D eigenvalue weighted by atomic mass is 9.99. The van der Waals surface area contributed by atoms with Crippen molar-refractivity contribution in [3.63, 3.8) is 0 Å². The summed E-state index contributed by atoms with van der Waals surface area (Å²) < 4.78 is 0. The van der Waals surface area contributed by atoms with E-state index in [0.29, 0.717) is 0 Å². The summed E-state index contributed by atoms with van der Waals surface area (Å²) in [6, 6.07) is 6.35. The zero-order valence-electron chi connectivity index (χ0n) is 11.5. The maximum Gasteiger partial charge on any atom is 0.0410 e. The van der Waals surface area contributed by atoms with Crippen molar-refractivity contribution in [3.05, 3.63) is 28.8 Å². The summed E-state index contributed by atoms with van der Waals surface area (Å²) in [7, 11) is 0. The molecule has 1 atom stereocenters. The standard InChI is InChI=1S/C15H23ClN2/c1-11(17)9-12-10-13(16)5-6-14(12)18-8-4-7-15(18,2)3/h5-6,10-11H,4,7-9,17H2,1-3H3. The zero-order chi connectivity index (χ0) is 13.3. The van der Waals surface area contributed by atoms with E-state index >= 15 is 0 Å². The molecule has 0 aromatic heterocycles. The minimum Gasteiger partial charge on any atom is -0.366 e. The highest BCUT2D eigenvalue weighted by molar-refractivity contribution is 6.30. The highest BCUT2D eigenvalue weighted by Gasteiger charge is 2.33. The molecule has 2 N–H and O–H groups in total. The van der Waals surface area contributed by atoms with E-state index in [1.54, 1.807) is 0 Å². The maximum absolute atomic E-state index is 6.12. The van der Waals surface area contributed by atoms with Crippen LogP contribution in [0.5, 0.6) is 0 Å². The fourth-order valence-corrected chi connectivity index (χ4v) is 3.08. The molecule has 0 amide bonds. The molecule has 1 fully saturated rings. The summed E-state index contributed by atoms with van der Waals surface area (Å²) in [5, 5.41) is 0.798. The summed E-state index contributed by atoms with van der Waals surface area (Å²) in [5.74, 6) is 0. The molecule has 0 aliphatic carbocycles. The van der Waals surface area contributed by atoms with Crippen LogP contribution >= 0.6 is 11.6 Å². The average molecular weight is 267 g/mol. The lowest BCUT2D eigenvalue weighted by Gasteiger charge is -2.35. The molecule has 1 saturated heterocycles. The molecule has 3 heteroatoms. The first kappa shape index (κ1) is 13.7. The molecule has 18 heavy (non-hydrogen) atoms. The topological polar surface area (TPSA) is 29.3 Å². The summed E-state index contributed by atoms with van der Waals surface area (Å²) >= 11 is 6.12. The van der Waals surface area contributed by atoms with Gasteiger partial charge >= 0.3 is 0 Å². The molecule has 0 bridgehead atoms. The minimum absolute atomic E-state index is 0.160. The SMILES string of the molecule is CC(N)Cc1cc(Cl)ccc1N1CCCC1(C)C. The molecule has 1 aromatic rings. The smallest absolute Gasteiger partial charge is 0.0410 e. The predicted molar refractivity (Wildman–Crippen MR) is 79.5 cm³/mol. The molecule has 2 nitrogen and oxygen atoms in total. The Hall–Kier alpha value is -0.730. The van der Waals surface area contributed by atoms with Gasteiger partial charge in [0.2, 0.25) is 0 Å². The van der Waals surface area contributed by atoms with Crippen molar-refractivity contribution in [1.82, 2.24) is 0 Å². The molecule has 0 radical (unpaired) electrons. The first-order valence-electron chi connectivity index (χ1n) is 6.72. The van der Waals surface area contributed by atoms with Crippen molar-refractivity contribution in [2.75, 3.05) is 11.4 Å². The van der Waals surface area contributed by atoms with Crippen molar-refractivity contribution >= 4 is 17.3 Å². The summed E-state index contributed by atoms with van der Waals surface area (Å²) in [4.78, 5) is 2.50. The van der Waals surface area contributed by atoms with Crippen molar-refractivity contribution in [2.45, 2.75) is 51.6 Å². The van der Waals surface area contributed by atoms with Crippen molar-refractivity contribution in [2.24, 2.45) is 5.73 Å². The van der Waals surface area contributed by atoms with E-state index < -0.39 is 0 Å². The Balaban J connectivity index is 2.37. The quantitative estimate of drug-likeness (QED) is 0.906. The number of anilines is 1. The van der Waals surface area contributed by atoms with Gasteiger partial charge in [-0.1, -0.05) is 11.6 Å². The Bertz CT molecular complexity index is 427. The first-order valence-corrected chi connectivity index (χ1v) is 7.09. The molecule has 1 aliphatic rings. The monoisotopic (exact) mass is 266 g/mol. The molecule has 2 rings (SSSR count). The maximum atomic E-state index is 6.12. The van der Waals surface area contributed by atoms with E-state index in [1.807, 2.05) is 13.0 Å². The van der Waals surface area contributed by atoms with E-state index in [1.165, 1.54) is 24.1 Å². The van der Waals surface area contributed by atoms with Gasteiger partial charge < -0.3 is 10.6 Å². The minimum atomic E-state index is 0.160. The number of rotatable bonds is 3. The van der Waals surface area contributed by atoms with Gasteiger partial charge in [-0.25, -0.2) is 0 Å². The highest BCUT2D eigenvalue weighted by atomic mass is 35.5. The van der Waals surface area contributed by atoms with Crippen LogP contribution < -0.4 is 10.6 Å². The van der Waals surface area contributed by atoms with E-state index in [9.17, 15) is 0 Å². The normalized spacial score (nSPS) is 20.2. The average Bonchev–Trinajstić information content (AvgIpc) is 2.57. The Morgan fingerprint density at radius 2 is 2.17 bits per heavy atom. The van der Waals surface area contributed by atoms with Gasteiger partial charge in [0.25, 0.3) is 0 Å². The molecule has 1 aliphatic heterocycles. The number of hydrogen-bond acceptors (Lipinski definition) is 2. The predicted octanol–water partition coefficient (Wildman–Crippen LogP) is 3.61. The van der Waals surface area contributed by atoms with Crippen LogP contribution in [-0.4, -0.2) is 18.1 Å². The first-order chi connectivity index (χ1) is 8.40. The number of halogens is 1. The van der Waals surface area contributed by atoms with E-state index in [4.69, 9.17) is 17.3 Å². The second-order valence-corrected chi connectivity index (χ2v) is 6.46. The lowest BCUT2D eigenvalue weighted by molar-refractivity contribution is 0.516. The van der Waals surface area contributed by atoms with Gasteiger partial charge in [0.1, 0.15) is 0 Å². The van der Waals surface area contributed by atoms with Gasteiger partial charge in [0.05, 0.1) is 0 Å². The van der Waals surface area contributed by atoms with E-state index in [-0.39, 0.29) is 11.6 Å². The number of nitrogens with zero attached hydrogens (tertiary/aromatic N) is 1. The van der Waals surface area contributed by atoms with Crippen LogP contribution in [0, 0.1) is 0 Å². The van der Waals surface area contributed by atoms with Crippen LogP contribution in [0.4, 0.5) is 5.69 Å². The van der Waals surface area contributed by atoms with E-state index in [2.05, 4.69) is 30.9 Å². The van der Waals surface area contributed by atoms with Crippen LogP contribution in [0.1, 0.15) is 39.2 Å². The van der Waals surface area contributed by atoms with Crippen molar-refractivity contribution in [1.29, 1.82) is 0 Å². The third-order valence-electron chi connectivity index (χ3n) is 3.78. The Morgan fingerprint density at radius 3 is 2.72 bits per heavy atom. The van der Waals surface area contributed by atoms with Crippen molar-refractivity contribution in [3.8, 4) is 0 Å². The molecule has 1 heterocycles. The molecular weight excluding hydrogens is 244 g/mol. The van der Waals surface area contributed by atoms with Crippen LogP contribution in [0.2, 0.25) is 5.02 Å². The van der Waals surface area contributed by atoms with Gasteiger partial charge in [-0.15, -0.1) is 0 Å². The number of benzene rings is 1. The molecular formula is C15H23ClN2. The number of nitrogens with two attached hydrogens (primary N) is 1. The molecule has 0 spiro atoms. The van der Waals surface area contributed by atoms with Crippen LogP contribution in [0.15, 0.2) is 18.2 Å². The fraction of sp³-hybridized carbons (Fsp3) is 0.600. The molecule has 100 valence electrons. The third kappa shape index (κ3) is 2.81. The van der Waals surface area contributed by atoms with Crippen LogP contribution in [-0.2, 0) is 6.42 Å². The summed E-state index contributed by atoms with van der Waals surface area (Å²) in [6.45, 7) is 7.79. The van der Waals surface area contributed by atoms with Gasteiger partial charge in [-0.2, -0.15) is 0 Å². The Kier molecular flexibility index (Phi) is 3.88. The fourth-order valence-electron chi connectivity index (χ4n) is 2.88. The largest absolute Gasteiger partial charge is 0.366 e. The van der Waals surface area contributed by atoms with Gasteiger partial charge in [-0.3, -0.25) is 0 Å². The third-order valence-corrected chi connectivity index (χ3v) is 4.01. The second kappa shape index (κ2) is 5.10. The zero-order valence-corrected chi connectivity index (χ0v) is 12.3. The van der Waals surface area contributed by atoms with Crippen molar-refractivity contribution < 1.29 is 0 Å². The lowest BCUT2D eigenvalue weighted by Crippen LogP contribution is -2.39. The second-order valence-electron chi connectivity index (χ2n) is 6.02. The van der Waals surface area contributed by atoms with E-state index in [0.717, 1.165) is 18.0 Å². The summed E-state index contributed by atoms with van der Waals surface area (Å²) in [5.41, 5.74) is 8.76.